The molecule has 1 fully saturated rings. The second-order valence-electron chi connectivity index (χ2n) is 3.52. The molecule has 1 heterocycles. The summed E-state index contributed by atoms with van der Waals surface area (Å²) < 4.78 is 0. The van der Waals surface area contributed by atoms with E-state index in [4.69, 9.17) is 0 Å². The molecule has 0 unspecified atom stereocenters. The molecule has 2 atom stereocenters. The summed E-state index contributed by atoms with van der Waals surface area (Å²) in [6, 6.07) is 2.13. The molecular formula is C8H18N2. The molecule has 1 rings (SSSR count). The molecule has 0 amide bonds. The topological polar surface area (TPSA) is 15.3 Å². The SMILES string of the molecule is CC(C)N(C)[C@@H]1CN[C@@H]1C. The van der Waals surface area contributed by atoms with E-state index >= 15 is 0 Å². The highest BCUT2D eigenvalue weighted by molar-refractivity contribution is 4.92. The normalized spacial score (nSPS) is 33.0. The maximum absolute atomic E-state index is 3.35. The van der Waals surface area contributed by atoms with E-state index in [1.54, 1.807) is 0 Å². The van der Waals surface area contributed by atoms with Crippen molar-refractivity contribution >= 4 is 0 Å². The molecule has 0 bridgehead atoms. The molecule has 10 heavy (non-hydrogen) atoms. The fourth-order valence-corrected chi connectivity index (χ4v) is 1.34. The maximum Gasteiger partial charge on any atom is 0.0371 e. The highest BCUT2D eigenvalue weighted by Gasteiger charge is 2.30. The lowest BCUT2D eigenvalue weighted by molar-refractivity contribution is 0.103. The Morgan fingerprint density at radius 3 is 2.20 bits per heavy atom. The number of hydrogen-bond donors (Lipinski definition) is 1. The molecule has 0 radical (unpaired) electrons. The van der Waals surface area contributed by atoms with E-state index in [-0.39, 0.29) is 0 Å². The minimum atomic E-state index is 0.676. The number of likely N-dealkylation sites (N-methyl/N-ethyl adjacent to an activating group) is 1. The van der Waals surface area contributed by atoms with Crippen molar-refractivity contribution < 1.29 is 0 Å². The van der Waals surface area contributed by atoms with Crippen molar-refractivity contribution in [2.24, 2.45) is 0 Å². The molecule has 0 aromatic carbocycles. The highest BCUT2D eigenvalue weighted by atomic mass is 15.2. The van der Waals surface area contributed by atoms with Gasteiger partial charge in [-0.15, -0.1) is 0 Å². The van der Waals surface area contributed by atoms with Crippen LogP contribution in [0.15, 0.2) is 0 Å². The second-order valence-corrected chi connectivity index (χ2v) is 3.52. The molecule has 2 heteroatoms. The van der Waals surface area contributed by atoms with Gasteiger partial charge < -0.3 is 5.32 Å². The second kappa shape index (κ2) is 2.89. The van der Waals surface area contributed by atoms with Gasteiger partial charge in [0.15, 0.2) is 0 Å². The molecule has 2 nitrogen and oxygen atoms in total. The van der Waals surface area contributed by atoms with Crippen LogP contribution in [-0.4, -0.2) is 36.6 Å². The smallest absolute Gasteiger partial charge is 0.0371 e. The van der Waals surface area contributed by atoms with Gasteiger partial charge in [-0.05, 0) is 27.8 Å². The molecule has 0 aromatic heterocycles. The lowest BCUT2D eigenvalue weighted by atomic mass is 10.00. The first-order valence-electron chi connectivity index (χ1n) is 4.08. The molecule has 1 aliphatic heterocycles. The fourth-order valence-electron chi connectivity index (χ4n) is 1.34. The summed E-state index contributed by atoms with van der Waals surface area (Å²) in [5, 5.41) is 3.35. The summed E-state index contributed by atoms with van der Waals surface area (Å²) >= 11 is 0. The van der Waals surface area contributed by atoms with Gasteiger partial charge in [-0.25, -0.2) is 0 Å². The van der Waals surface area contributed by atoms with Gasteiger partial charge in [-0.1, -0.05) is 0 Å². The van der Waals surface area contributed by atoms with E-state index in [1.165, 1.54) is 0 Å². The molecule has 1 aliphatic rings. The lowest BCUT2D eigenvalue weighted by Gasteiger charge is -2.43. The molecule has 1 saturated heterocycles. The van der Waals surface area contributed by atoms with Gasteiger partial charge in [0, 0.05) is 24.7 Å². The molecule has 0 saturated carbocycles. The van der Waals surface area contributed by atoms with Crippen molar-refractivity contribution in [2.75, 3.05) is 13.6 Å². The fraction of sp³-hybridized carbons (Fsp3) is 1.00. The third-order valence-electron chi connectivity index (χ3n) is 2.56. The predicted octanol–water partition coefficient (Wildman–Crippen LogP) is 0.687. The first kappa shape index (κ1) is 8.02. The van der Waals surface area contributed by atoms with Gasteiger partial charge in [-0.3, -0.25) is 4.90 Å². The summed E-state index contributed by atoms with van der Waals surface area (Å²) in [7, 11) is 2.20. The first-order chi connectivity index (χ1) is 4.63. The third-order valence-corrected chi connectivity index (χ3v) is 2.56. The van der Waals surface area contributed by atoms with E-state index in [0.717, 1.165) is 12.6 Å². The Morgan fingerprint density at radius 1 is 1.50 bits per heavy atom. The van der Waals surface area contributed by atoms with Gasteiger partial charge in [0.2, 0.25) is 0 Å². The largest absolute Gasteiger partial charge is 0.311 e. The van der Waals surface area contributed by atoms with Crippen molar-refractivity contribution in [2.45, 2.75) is 38.9 Å². The molecule has 0 aliphatic carbocycles. The Kier molecular flexibility index (Phi) is 2.32. The zero-order valence-electron chi connectivity index (χ0n) is 7.39. The molecular weight excluding hydrogens is 124 g/mol. The number of nitrogens with zero attached hydrogens (tertiary/aromatic N) is 1. The summed E-state index contributed by atoms with van der Waals surface area (Å²) in [6.45, 7) is 7.89. The van der Waals surface area contributed by atoms with E-state index in [1.807, 2.05) is 0 Å². The number of nitrogens with one attached hydrogen (secondary N) is 1. The van der Waals surface area contributed by atoms with Crippen LogP contribution >= 0.6 is 0 Å². The van der Waals surface area contributed by atoms with Crippen molar-refractivity contribution in [3.8, 4) is 0 Å². The lowest BCUT2D eigenvalue weighted by Crippen LogP contribution is -2.63. The Labute approximate surface area is 63.6 Å². The summed E-state index contributed by atoms with van der Waals surface area (Å²) in [5.41, 5.74) is 0. The minimum Gasteiger partial charge on any atom is -0.311 e. The van der Waals surface area contributed by atoms with Crippen LogP contribution in [-0.2, 0) is 0 Å². The predicted molar refractivity (Wildman–Crippen MR) is 44.2 cm³/mol. The molecule has 0 spiro atoms. The monoisotopic (exact) mass is 142 g/mol. The van der Waals surface area contributed by atoms with E-state index in [2.05, 4.69) is 38.0 Å². The van der Waals surface area contributed by atoms with Gasteiger partial charge >= 0.3 is 0 Å². The van der Waals surface area contributed by atoms with Crippen molar-refractivity contribution in [1.82, 2.24) is 10.2 Å². The standard InChI is InChI=1S/C8H18N2/c1-6(2)10(4)8-5-9-7(8)3/h6-9H,5H2,1-4H3/t7-,8-/m1/s1. The van der Waals surface area contributed by atoms with Crippen molar-refractivity contribution in [3.63, 3.8) is 0 Å². The quantitative estimate of drug-likeness (QED) is 0.610. The van der Waals surface area contributed by atoms with Crippen molar-refractivity contribution in [1.29, 1.82) is 0 Å². The van der Waals surface area contributed by atoms with Gasteiger partial charge in [-0.2, -0.15) is 0 Å². The van der Waals surface area contributed by atoms with Crippen molar-refractivity contribution in [3.05, 3.63) is 0 Å². The van der Waals surface area contributed by atoms with Crippen LogP contribution in [0.2, 0.25) is 0 Å². The Balaban J connectivity index is 2.34. The maximum atomic E-state index is 3.35. The Bertz CT molecular complexity index is 107. The van der Waals surface area contributed by atoms with E-state index in [9.17, 15) is 0 Å². The number of hydrogen-bond acceptors (Lipinski definition) is 2. The van der Waals surface area contributed by atoms with Crippen LogP contribution in [0, 0.1) is 0 Å². The highest BCUT2D eigenvalue weighted by Crippen LogP contribution is 2.12. The molecule has 0 aromatic rings. The zero-order chi connectivity index (χ0) is 7.72. The van der Waals surface area contributed by atoms with Crippen LogP contribution in [0.3, 0.4) is 0 Å². The number of rotatable bonds is 2. The first-order valence-corrected chi connectivity index (χ1v) is 4.08. The van der Waals surface area contributed by atoms with Crippen LogP contribution < -0.4 is 5.32 Å². The summed E-state index contributed by atoms with van der Waals surface area (Å²) in [4.78, 5) is 2.43. The Hall–Kier alpha value is -0.0800. The van der Waals surface area contributed by atoms with Crippen LogP contribution in [0.25, 0.3) is 0 Å². The average Bonchev–Trinajstić information content (AvgIpc) is 1.84. The van der Waals surface area contributed by atoms with E-state index in [0.29, 0.717) is 12.1 Å². The minimum absolute atomic E-state index is 0.676. The summed E-state index contributed by atoms with van der Waals surface area (Å²) in [6.07, 6.45) is 0. The summed E-state index contributed by atoms with van der Waals surface area (Å²) in [5.74, 6) is 0. The van der Waals surface area contributed by atoms with Crippen LogP contribution in [0.4, 0.5) is 0 Å². The third kappa shape index (κ3) is 1.32. The molecule has 60 valence electrons. The van der Waals surface area contributed by atoms with Crippen LogP contribution in [0.1, 0.15) is 20.8 Å². The van der Waals surface area contributed by atoms with Gasteiger partial charge in [0.25, 0.3) is 0 Å². The average molecular weight is 142 g/mol. The van der Waals surface area contributed by atoms with Crippen LogP contribution in [0.5, 0.6) is 0 Å². The Morgan fingerprint density at radius 2 is 2.10 bits per heavy atom. The molecule has 1 N–H and O–H groups in total. The van der Waals surface area contributed by atoms with Gasteiger partial charge in [0.1, 0.15) is 0 Å². The zero-order valence-corrected chi connectivity index (χ0v) is 7.39. The van der Waals surface area contributed by atoms with E-state index < -0.39 is 0 Å². The van der Waals surface area contributed by atoms with Gasteiger partial charge in [0.05, 0.1) is 0 Å².